The maximum atomic E-state index is 12.1. The molecule has 0 saturated heterocycles. The van der Waals surface area contributed by atoms with Gasteiger partial charge in [-0.3, -0.25) is 0 Å². The molecular formula is C9H14ClNO2S2. The maximum absolute atomic E-state index is 12.1. The molecule has 1 aromatic heterocycles. The Labute approximate surface area is 99.7 Å². The number of alkyl halides is 1. The van der Waals surface area contributed by atoms with Crippen LogP contribution in [0.2, 0.25) is 0 Å². The Hall–Kier alpha value is -0.100. The first-order chi connectivity index (χ1) is 7.07. The van der Waals surface area contributed by atoms with Crippen molar-refractivity contribution in [2.24, 2.45) is 0 Å². The zero-order chi connectivity index (χ0) is 11.5. The van der Waals surface area contributed by atoms with E-state index in [1.165, 1.54) is 15.6 Å². The average molecular weight is 268 g/mol. The smallest absolute Gasteiger partial charge is 0.207 e. The van der Waals surface area contributed by atoms with Crippen LogP contribution >= 0.6 is 22.9 Å². The van der Waals surface area contributed by atoms with Gasteiger partial charge in [0.05, 0.1) is 10.8 Å². The second kappa shape index (κ2) is 5.30. The Morgan fingerprint density at radius 3 is 2.47 bits per heavy atom. The molecule has 3 nitrogen and oxygen atoms in total. The van der Waals surface area contributed by atoms with Crippen molar-refractivity contribution in [3.05, 3.63) is 16.3 Å². The van der Waals surface area contributed by atoms with Crippen LogP contribution in [0.25, 0.3) is 0 Å². The van der Waals surface area contributed by atoms with Crippen LogP contribution < -0.4 is 0 Å². The lowest BCUT2D eigenvalue weighted by atomic mass is 10.5. The van der Waals surface area contributed by atoms with Gasteiger partial charge in [0.25, 0.3) is 0 Å². The summed E-state index contributed by atoms with van der Waals surface area (Å²) in [5.41, 5.74) is 0. The fourth-order valence-corrected chi connectivity index (χ4v) is 4.49. The summed E-state index contributed by atoms with van der Waals surface area (Å²) in [6, 6.07) is 1.62. The SMILES string of the molecule is CCN(CC)S(=O)(=O)c1ccsc1CCl. The molecule has 0 bridgehead atoms. The highest BCUT2D eigenvalue weighted by Gasteiger charge is 2.24. The van der Waals surface area contributed by atoms with Crippen LogP contribution in [0.5, 0.6) is 0 Å². The third-order valence-corrected chi connectivity index (χ3v) is 5.76. The third kappa shape index (κ3) is 2.53. The number of hydrogen-bond donors (Lipinski definition) is 0. The summed E-state index contributed by atoms with van der Waals surface area (Å²) >= 11 is 7.08. The summed E-state index contributed by atoms with van der Waals surface area (Å²) < 4.78 is 25.7. The molecule has 0 saturated carbocycles. The van der Waals surface area contributed by atoms with Crippen molar-refractivity contribution in [2.45, 2.75) is 24.6 Å². The van der Waals surface area contributed by atoms with Gasteiger partial charge in [-0.05, 0) is 11.4 Å². The minimum Gasteiger partial charge on any atom is -0.207 e. The molecule has 0 radical (unpaired) electrons. The number of rotatable bonds is 5. The van der Waals surface area contributed by atoms with Crippen molar-refractivity contribution < 1.29 is 8.42 Å². The molecule has 1 aromatic rings. The first kappa shape index (κ1) is 13.0. The van der Waals surface area contributed by atoms with Gasteiger partial charge in [0.2, 0.25) is 10.0 Å². The number of halogens is 1. The molecule has 0 N–H and O–H groups in total. The molecule has 1 heterocycles. The van der Waals surface area contributed by atoms with Crippen molar-refractivity contribution in [2.75, 3.05) is 13.1 Å². The van der Waals surface area contributed by atoms with Gasteiger partial charge in [0.1, 0.15) is 0 Å². The molecule has 0 atom stereocenters. The van der Waals surface area contributed by atoms with Gasteiger partial charge in [-0.15, -0.1) is 22.9 Å². The minimum absolute atomic E-state index is 0.244. The van der Waals surface area contributed by atoms with Crippen LogP contribution in [0.15, 0.2) is 16.3 Å². The fraction of sp³-hybridized carbons (Fsp3) is 0.556. The lowest BCUT2D eigenvalue weighted by molar-refractivity contribution is 0.445. The number of sulfonamides is 1. The molecule has 1 rings (SSSR count). The lowest BCUT2D eigenvalue weighted by Gasteiger charge is -2.18. The zero-order valence-electron chi connectivity index (χ0n) is 8.73. The van der Waals surface area contributed by atoms with E-state index in [2.05, 4.69) is 0 Å². The van der Waals surface area contributed by atoms with E-state index in [0.717, 1.165) is 0 Å². The highest BCUT2D eigenvalue weighted by molar-refractivity contribution is 7.89. The maximum Gasteiger partial charge on any atom is 0.244 e. The van der Waals surface area contributed by atoms with Crippen molar-refractivity contribution in [1.29, 1.82) is 0 Å². The van der Waals surface area contributed by atoms with Crippen LogP contribution in [0.1, 0.15) is 18.7 Å². The summed E-state index contributed by atoms with van der Waals surface area (Å²) in [5, 5.41) is 1.76. The Morgan fingerprint density at radius 1 is 1.40 bits per heavy atom. The van der Waals surface area contributed by atoms with Gasteiger partial charge < -0.3 is 0 Å². The topological polar surface area (TPSA) is 37.4 Å². The van der Waals surface area contributed by atoms with Crippen molar-refractivity contribution in [3.8, 4) is 0 Å². The van der Waals surface area contributed by atoms with Crippen LogP contribution in [0, 0.1) is 0 Å². The van der Waals surface area contributed by atoms with E-state index < -0.39 is 10.0 Å². The summed E-state index contributed by atoms with van der Waals surface area (Å²) in [6.45, 7) is 4.62. The number of hydrogen-bond acceptors (Lipinski definition) is 3. The molecule has 6 heteroatoms. The summed E-state index contributed by atoms with van der Waals surface area (Å²) in [7, 11) is -3.34. The summed E-state index contributed by atoms with van der Waals surface area (Å²) in [6.07, 6.45) is 0. The molecule has 0 aliphatic rings. The predicted molar refractivity (Wildman–Crippen MR) is 64.0 cm³/mol. The fourth-order valence-electron chi connectivity index (χ4n) is 1.36. The van der Waals surface area contributed by atoms with Gasteiger partial charge in [-0.25, -0.2) is 8.42 Å². The largest absolute Gasteiger partial charge is 0.244 e. The highest BCUT2D eigenvalue weighted by atomic mass is 35.5. The van der Waals surface area contributed by atoms with E-state index in [1.54, 1.807) is 11.4 Å². The molecular weight excluding hydrogens is 254 g/mol. The number of thiophene rings is 1. The molecule has 0 spiro atoms. The Bertz CT molecular complexity index is 410. The molecule has 0 fully saturated rings. The number of nitrogens with zero attached hydrogens (tertiary/aromatic N) is 1. The third-order valence-electron chi connectivity index (χ3n) is 2.15. The average Bonchev–Trinajstić information content (AvgIpc) is 2.67. The van der Waals surface area contributed by atoms with E-state index >= 15 is 0 Å². The van der Waals surface area contributed by atoms with Gasteiger partial charge >= 0.3 is 0 Å². The molecule has 0 aromatic carbocycles. The van der Waals surface area contributed by atoms with Crippen LogP contribution in [0.4, 0.5) is 0 Å². The molecule has 0 aliphatic heterocycles. The first-order valence-corrected chi connectivity index (χ1v) is 7.55. The Morgan fingerprint density at radius 2 is 2.00 bits per heavy atom. The summed E-state index contributed by atoms with van der Waals surface area (Å²) in [5.74, 6) is 0.244. The van der Waals surface area contributed by atoms with Crippen LogP contribution in [-0.2, 0) is 15.9 Å². The predicted octanol–water partition coefficient (Wildman–Crippen LogP) is 2.52. The second-order valence-electron chi connectivity index (χ2n) is 2.93. The Kier molecular flexibility index (Phi) is 4.58. The van der Waals surface area contributed by atoms with E-state index in [4.69, 9.17) is 11.6 Å². The molecule has 86 valence electrons. The molecule has 15 heavy (non-hydrogen) atoms. The zero-order valence-corrected chi connectivity index (χ0v) is 11.1. The van der Waals surface area contributed by atoms with E-state index in [9.17, 15) is 8.42 Å². The minimum atomic E-state index is -3.34. The van der Waals surface area contributed by atoms with E-state index in [0.29, 0.717) is 22.9 Å². The van der Waals surface area contributed by atoms with Gasteiger partial charge in [0.15, 0.2) is 0 Å². The normalized spacial score (nSPS) is 12.3. The molecule has 0 aliphatic carbocycles. The van der Waals surface area contributed by atoms with Crippen molar-refractivity contribution in [1.82, 2.24) is 4.31 Å². The van der Waals surface area contributed by atoms with Gasteiger partial charge in [-0.2, -0.15) is 4.31 Å². The van der Waals surface area contributed by atoms with Crippen LogP contribution in [0.3, 0.4) is 0 Å². The quantitative estimate of drug-likeness (QED) is 0.769. The van der Waals surface area contributed by atoms with Crippen molar-refractivity contribution in [3.63, 3.8) is 0 Å². The second-order valence-corrected chi connectivity index (χ2v) is 6.11. The standard InChI is InChI=1S/C9H14ClNO2S2/c1-3-11(4-2)15(12,13)9-5-6-14-8(9)7-10/h5-6H,3-4,7H2,1-2H3. The van der Waals surface area contributed by atoms with E-state index in [1.807, 2.05) is 13.8 Å². The monoisotopic (exact) mass is 267 g/mol. The molecule has 0 amide bonds. The van der Waals surface area contributed by atoms with Crippen molar-refractivity contribution >= 4 is 33.0 Å². The lowest BCUT2D eigenvalue weighted by Crippen LogP contribution is -2.30. The Balaban J connectivity index is 3.16. The van der Waals surface area contributed by atoms with Gasteiger partial charge in [0, 0.05) is 18.0 Å². The van der Waals surface area contributed by atoms with Gasteiger partial charge in [-0.1, -0.05) is 13.8 Å². The highest BCUT2D eigenvalue weighted by Crippen LogP contribution is 2.26. The molecule has 0 unspecified atom stereocenters. The summed E-state index contributed by atoms with van der Waals surface area (Å²) in [4.78, 5) is 1.06. The first-order valence-electron chi connectivity index (χ1n) is 4.70. The van der Waals surface area contributed by atoms with Crippen LogP contribution in [-0.4, -0.2) is 25.8 Å². The van der Waals surface area contributed by atoms with E-state index in [-0.39, 0.29) is 5.88 Å².